The fraction of sp³-hybridized carbons (Fsp3) is 0.286. The molecular formula is C21H23B2F2NO8. The Bertz CT molecular complexity index is 1050. The number of nitrogens with one attached hydrogen (secondary N) is 1. The summed E-state index contributed by atoms with van der Waals surface area (Å²) < 4.78 is 28.5. The van der Waals surface area contributed by atoms with Gasteiger partial charge in [-0.2, -0.15) is 0 Å². The number of carboxylic acids is 1. The van der Waals surface area contributed by atoms with Crippen LogP contribution in [-0.4, -0.2) is 63.1 Å². The second-order valence-corrected chi connectivity index (χ2v) is 7.55. The van der Waals surface area contributed by atoms with Gasteiger partial charge in [0.05, 0.1) is 11.1 Å². The van der Waals surface area contributed by atoms with Gasteiger partial charge in [0.15, 0.2) is 5.78 Å². The van der Waals surface area contributed by atoms with Gasteiger partial charge in [-0.3, -0.25) is 9.59 Å². The van der Waals surface area contributed by atoms with Crippen LogP contribution in [0.1, 0.15) is 52.8 Å². The number of benzene rings is 2. The van der Waals surface area contributed by atoms with Crippen LogP contribution in [0.4, 0.5) is 8.78 Å². The van der Waals surface area contributed by atoms with Crippen LogP contribution in [0.2, 0.25) is 0 Å². The van der Waals surface area contributed by atoms with Gasteiger partial charge in [-0.15, -0.1) is 0 Å². The quantitative estimate of drug-likeness (QED) is 0.133. The first-order chi connectivity index (χ1) is 16.0. The van der Waals surface area contributed by atoms with Crippen molar-refractivity contribution in [3.8, 4) is 0 Å². The maximum absolute atomic E-state index is 14.3. The van der Waals surface area contributed by atoms with E-state index in [9.17, 15) is 28.3 Å². The van der Waals surface area contributed by atoms with Gasteiger partial charge in [-0.25, -0.2) is 13.6 Å². The minimum absolute atomic E-state index is 0.0280. The average Bonchev–Trinajstić information content (AvgIpc) is 2.77. The molecule has 1 amide bonds. The predicted octanol–water partition coefficient (Wildman–Crippen LogP) is -0.659. The first-order valence-electron chi connectivity index (χ1n) is 10.4. The molecule has 6 N–H and O–H groups in total. The molecule has 0 aliphatic heterocycles. The Labute approximate surface area is 194 Å². The molecule has 0 saturated carbocycles. The summed E-state index contributed by atoms with van der Waals surface area (Å²) in [6, 6.07) is 5.70. The number of hydrogen-bond donors (Lipinski definition) is 6. The fourth-order valence-corrected chi connectivity index (χ4v) is 3.33. The number of Topliss-reactive ketones (excluding diaryl/α,β-unsaturated/α-hetero) is 1. The normalized spacial score (nSPS) is 11.6. The van der Waals surface area contributed by atoms with E-state index in [2.05, 4.69) is 5.32 Å². The smallest absolute Gasteiger partial charge is 0.480 e. The fourth-order valence-electron chi connectivity index (χ4n) is 3.33. The summed E-state index contributed by atoms with van der Waals surface area (Å²) in [6.45, 7) is 0. The summed E-state index contributed by atoms with van der Waals surface area (Å²) in [5, 5.41) is 48.1. The lowest BCUT2D eigenvalue weighted by Crippen LogP contribution is -2.42. The van der Waals surface area contributed by atoms with Crippen molar-refractivity contribution < 1.29 is 48.4 Å². The third-order valence-electron chi connectivity index (χ3n) is 5.16. The SMILES string of the molecule is O=C(CCCCC[C@H](NC(=O)c1cccc(B(O)O)c1F)C(=O)O)c1cccc(B(O)O)c1F. The number of rotatable bonds is 12. The lowest BCUT2D eigenvalue weighted by molar-refractivity contribution is -0.139. The molecule has 0 unspecified atom stereocenters. The molecule has 0 spiro atoms. The van der Waals surface area contributed by atoms with E-state index in [1.165, 1.54) is 18.2 Å². The number of unbranched alkanes of at least 4 members (excludes halogenated alkanes) is 2. The van der Waals surface area contributed by atoms with Crippen molar-refractivity contribution >= 4 is 42.8 Å². The predicted molar refractivity (Wildman–Crippen MR) is 119 cm³/mol. The molecule has 0 bridgehead atoms. The van der Waals surface area contributed by atoms with Crippen molar-refractivity contribution in [2.75, 3.05) is 0 Å². The van der Waals surface area contributed by atoms with Crippen LogP contribution in [0.15, 0.2) is 36.4 Å². The van der Waals surface area contributed by atoms with Crippen LogP contribution in [0.5, 0.6) is 0 Å². The van der Waals surface area contributed by atoms with Gasteiger partial charge in [0, 0.05) is 17.3 Å². The van der Waals surface area contributed by atoms with Gasteiger partial charge in [-0.05, 0) is 25.0 Å². The Balaban J connectivity index is 1.89. The number of amides is 1. The molecule has 34 heavy (non-hydrogen) atoms. The third kappa shape index (κ3) is 6.94. The number of carboxylic acid groups (broad SMARTS) is 1. The van der Waals surface area contributed by atoms with Crippen molar-refractivity contribution in [3.05, 3.63) is 59.2 Å². The monoisotopic (exact) mass is 477 g/mol. The maximum atomic E-state index is 14.3. The number of ketones is 1. The second-order valence-electron chi connectivity index (χ2n) is 7.55. The number of carbonyl (C=O) groups excluding carboxylic acids is 2. The summed E-state index contributed by atoms with van der Waals surface area (Å²) in [4.78, 5) is 36.0. The molecule has 0 saturated heterocycles. The van der Waals surface area contributed by atoms with Gasteiger partial charge < -0.3 is 30.5 Å². The molecule has 0 aliphatic carbocycles. The van der Waals surface area contributed by atoms with Crippen molar-refractivity contribution in [3.63, 3.8) is 0 Å². The molecule has 1 atom stereocenters. The van der Waals surface area contributed by atoms with E-state index >= 15 is 0 Å². The highest BCUT2D eigenvalue weighted by molar-refractivity contribution is 6.59. The summed E-state index contributed by atoms with van der Waals surface area (Å²) in [7, 11) is -4.20. The van der Waals surface area contributed by atoms with Crippen molar-refractivity contribution in [1.29, 1.82) is 0 Å². The molecular weight excluding hydrogens is 454 g/mol. The van der Waals surface area contributed by atoms with Gasteiger partial charge in [0.2, 0.25) is 0 Å². The molecule has 13 heteroatoms. The lowest BCUT2D eigenvalue weighted by atomic mass is 9.78. The molecule has 9 nitrogen and oxygen atoms in total. The molecule has 0 aliphatic rings. The summed E-state index contributed by atoms with van der Waals surface area (Å²) in [5.41, 5.74) is -1.76. The van der Waals surface area contributed by atoms with E-state index in [-0.39, 0.29) is 31.2 Å². The van der Waals surface area contributed by atoms with E-state index in [4.69, 9.17) is 20.1 Å². The Morgan fingerprint density at radius 3 is 1.88 bits per heavy atom. The Kier molecular flexibility index (Phi) is 9.87. The number of carbonyl (C=O) groups is 3. The van der Waals surface area contributed by atoms with E-state index < -0.39 is 66.1 Å². The zero-order valence-electron chi connectivity index (χ0n) is 17.9. The van der Waals surface area contributed by atoms with Crippen LogP contribution >= 0.6 is 0 Å². The van der Waals surface area contributed by atoms with Gasteiger partial charge >= 0.3 is 20.2 Å². The topological polar surface area (TPSA) is 164 Å². The van der Waals surface area contributed by atoms with E-state index in [1.54, 1.807) is 0 Å². The first kappa shape index (κ1) is 27.1. The van der Waals surface area contributed by atoms with Crippen molar-refractivity contribution in [2.45, 2.75) is 38.1 Å². The zero-order valence-corrected chi connectivity index (χ0v) is 17.9. The minimum Gasteiger partial charge on any atom is -0.480 e. The molecule has 0 heterocycles. The van der Waals surface area contributed by atoms with Crippen LogP contribution in [0.25, 0.3) is 0 Å². The van der Waals surface area contributed by atoms with Crippen molar-refractivity contribution in [2.24, 2.45) is 0 Å². The molecule has 2 aromatic carbocycles. The van der Waals surface area contributed by atoms with Crippen LogP contribution in [0.3, 0.4) is 0 Å². The molecule has 0 radical (unpaired) electrons. The highest BCUT2D eigenvalue weighted by Crippen LogP contribution is 2.14. The molecule has 180 valence electrons. The standard InChI is InChI=1S/C21H23B2F2NO8/c24-18-12(6-4-8-14(18)22(31)32)17(27)11-3-1-2-10-16(21(29)30)26-20(28)13-7-5-9-15(19(13)25)23(33)34/h4-9,16,31-34H,1-3,10-11H2,(H,26,28)(H,29,30)/t16-/m0/s1. The Morgan fingerprint density at radius 2 is 1.35 bits per heavy atom. The highest BCUT2D eigenvalue weighted by Gasteiger charge is 2.26. The summed E-state index contributed by atoms with van der Waals surface area (Å²) in [6.07, 6.45) is 0.846. The van der Waals surface area contributed by atoms with Crippen LogP contribution < -0.4 is 16.2 Å². The maximum Gasteiger partial charge on any atom is 0.491 e. The van der Waals surface area contributed by atoms with E-state index in [0.717, 1.165) is 18.2 Å². The largest absolute Gasteiger partial charge is 0.491 e. The van der Waals surface area contributed by atoms with E-state index in [1.807, 2.05) is 0 Å². The van der Waals surface area contributed by atoms with Gasteiger partial charge in [-0.1, -0.05) is 37.1 Å². The zero-order chi connectivity index (χ0) is 25.4. The summed E-state index contributed by atoms with van der Waals surface area (Å²) >= 11 is 0. The molecule has 2 rings (SSSR count). The number of halogens is 2. The average molecular weight is 477 g/mol. The number of hydrogen-bond acceptors (Lipinski definition) is 7. The Hall–Kier alpha value is -3.12. The minimum atomic E-state index is -2.14. The van der Waals surface area contributed by atoms with Crippen LogP contribution in [-0.2, 0) is 4.79 Å². The van der Waals surface area contributed by atoms with E-state index in [0.29, 0.717) is 6.42 Å². The van der Waals surface area contributed by atoms with Gasteiger partial charge in [0.1, 0.15) is 17.7 Å². The molecule has 0 fully saturated rings. The number of aliphatic carboxylic acids is 1. The first-order valence-corrected chi connectivity index (χ1v) is 10.4. The van der Waals surface area contributed by atoms with Gasteiger partial charge in [0.25, 0.3) is 5.91 Å². The highest BCUT2D eigenvalue weighted by atomic mass is 19.1. The van der Waals surface area contributed by atoms with Crippen LogP contribution in [0, 0.1) is 11.6 Å². The second kappa shape index (κ2) is 12.4. The molecule has 2 aromatic rings. The molecule has 0 aromatic heterocycles. The summed E-state index contributed by atoms with van der Waals surface area (Å²) in [5.74, 6) is -5.14. The van der Waals surface area contributed by atoms with Crippen molar-refractivity contribution in [1.82, 2.24) is 5.32 Å². The third-order valence-corrected chi connectivity index (χ3v) is 5.16. The Morgan fingerprint density at radius 1 is 0.824 bits per heavy atom. The lowest BCUT2D eigenvalue weighted by Gasteiger charge is -2.15.